The summed E-state index contributed by atoms with van der Waals surface area (Å²) in [6.45, 7) is 0. The molecule has 0 spiro atoms. The molecule has 0 atom stereocenters. The van der Waals surface area contributed by atoms with Crippen LogP contribution in [0.3, 0.4) is 0 Å². The molecule has 1 aliphatic rings. The Morgan fingerprint density at radius 3 is 1.79 bits per heavy atom. The van der Waals surface area contributed by atoms with E-state index < -0.39 is 0 Å². The predicted octanol–water partition coefficient (Wildman–Crippen LogP) is 14.3. The fourth-order valence-electron chi connectivity index (χ4n) is 8.48. The number of rotatable bonds is 6. The van der Waals surface area contributed by atoms with Crippen LogP contribution in [0.4, 0.5) is 0 Å². The summed E-state index contributed by atoms with van der Waals surface area (Å²) in [7, 11) is 0. The highest BCUT2D eigenvalue weighted by Crippen LogP contribution is 2.47. The number of hydrogen-bond acceptors (Lipinski definition) is 3. The van der Waals surface area contributed by atoms with Gasteiger partial charge in [0.15, 0.2) is 5.82 Å². The maximum absolute atomic E-state index is 5.32. The van der Waals surface area contributed by atoms with Gasteiger partial charge in [0, 0.05) is 58.8 Å². The van der Waals surface area contributed by atoms with Crippen molar-refractivity contribution in [1.29, 1.82) is 0 Å². The number of benzene rings is 7. The maximum Gasteiger partial charge on any atom is 0.160 e. The fraction of sp³-hybridized carbons (Fsp3) is 0.0385. The third kappa shape index (κ3) is 5.41. The van der Waals surface area contributed by atoms with Crippen LogP contribution in [0.25, 0.3) is 98.3 Å². The molecule has 0 bridgehead atoms. The molecule has 0 amide bonds. The van der Waals surface area contributed by atoms with Crippen LogP contribution in [-0.2, 0) is 0 Å². The lowest BCUT2D eigenvalue weighted by atomic mass is 9.90. The second-order valence-corrected chi connectivity index (χ2v) is 15.5. The summed E-state index contributed by atoms with van der Waals surface area (Å²) < 4.78 is 5.15. The zero-order valence-corrected chi connectivity index (χ0v) is 31.4. The van der Waals surface area contributed by atoms with Crippen molar-refractivity contribution in [2.45, 2.75) is 12.8 Å². The third-order valence-electron chi connectivity index (χ3n) is 11.0. The first-order chi connectivity index (χ1) is 27.8. The lowest BCUT2D eigenvalue weighted by Gasteiger charge is -2.22. The van der Waals surface area contributed by atoms with Crippen molar-refractivity contribution in [3.05, 3.63) is 194 Å². The molecule has 0 unspecified atom stereocenters. The van der Waals surface area contributed by atoms with E-state index in [-0.39, 0.29) is 0 Å². The number of nitrogens with zero attached hydrogens (tertiary/aromatic N) is 3. The predicted molar refractivity (Wildman–Crippen MR) is 237 cm³/mol. The van der Waals surface area contributed by atoms with Gasteiger partial charge in [0.2, 0.25) is 0 Å². The molecule has 0 aliphatic heterocycles. The van der Waals surface area contributed by atoms with Crippen LogP contribution in [0.15, 0.2) is 188 Å². The average molecular weight is 734 g/mol. The molecule has 56 heavy (non-hydrogen) atoms. The Hall–Kier alpha value is -6.88. The fourth-order valence-corrected chi connectivity index (χ4v) is 9.59. The highest BCUT2D eigenvalue weighted by Gasteiger charge is 2.25. The normalized spacial score (nSPS) is 12.9. The zero-order valence-electron chi connectivity index (χ0n) is 30.6. The number of thiophene rings is 1. The molecule has 3 heterocycles. The minimum absolute atomic E-state index is 0.698. The van der Waals surface area contributed by atoms with Crippen molar-refractivity contribution >= 4 is 58.9 Å². The topological polar surface area (TPSA) is 30.7 Å². The van der Waals surface area contributed by atoms with Crippen LogP contribution in [0, 0.1) is 0 Å². The summed E-state index contributed by atoms with van der Waals surface area (Å²) in [4.78, 5) is 10.6. The Morgan fingerprint density at radius 1 is 0.464 bits per heavy atom. The quantitative estimate of drug-likeness (QED) is 0.170. The van der Waals surface area contributed by atoms with Gasteiger partial charge in [-0.25, -0.2) is 9.97 Å². The van der Waals surface area contributed by atoms with E-state index in [9.17, 15) is 0 Å². The van der Waals surface area contributed by atoms with Crippen LogP contribution in [-0.4, -0.2) is 14.5 Å². The molecule has 0 saturated carbocycles. The van der Waals surface area contributed by atoms with Gasteiger partial charge in [-0.1, -0.05) is 146 Å². The Labute approximate surface area is 329 Å². The summed E-state index contributed by atoms with van der Waals surface area (Å²) in [5, 5.41) is 5.19. The van der Waals surface area contributed by atoms with Crippen molar-refractivity contribution in [2.75, 3.05) is 0 Å². The molecule has 0 N–H and O–H groups in total. The average Bonchev–Trinajstić information content (AvgIpc) is 3.82. The summed E-state index contributed by atoms with van der Waals surface area (Å²) in [5.74, 6) is 0.698. The zero-order chi connectivity index (χ0) is 37.0. The van der Waals surface area contributed by atoms with Gasteiger partial charge in [0.05, 0.1) is 28.1 Å². The highest BCUT2D eigenvalue weighted by molar-refractivity contribution is 7.26. The van der Waals surface area contributed by atoms with Gasteiger partial charge in [-0.05, 0) is 66.4 Å². The third-order valence-corrected chi connectivity index (χ3v) is 12.2. The summed E-state index contributed by atoms with van der Waals surface area (Å²) in [6, 6.07) is 60.9. The van der Waals surface area contributed by atoms with Gasteiger partial charge >= 0.3 is 0 Å². The molecule has 0 saturated heterocycles. The summed E-state index contributed by atoms with van der Waals surface area (Å²) >= 11 is 1.87. The van der Waals surface area contributed by atoms with Crippen molar-refractivity contribution in [3.63, 3.8) is 0 Å². The minimum atomic E-state index is 0.698. The second kappa shape index (κ2) is 13.5. The standard InChI is InChI=1S/C52H35N3S/c1-5-17-34(18-6-1)41-31-38(52-53-43(36-21-9-3-10-22-36)33-44(54-52)37-23-11-4-12-24-37)32-42(35-19-7-2-8-20-35)51(41)55-45-27-15-13-25-39(45)49-46(55)29-30-48-50(49)40-26-14-16-28-47(40)56-48/h1,3-7,9-33H,2,8H2. The van der Waals surface area contributed by atoms with E-state index in [4.69, 9.17) is 9.97 Å². The van der Waals surface area contributed by atoms with Crippen molar-refractivity contribution < 1.29 is 0 Å². The molecule has 3 aromatic heterocycles. The molecule has 264 valence electrons. The first-order valence-electron chi connectivity index (χ1n) is 19.2. The van der Waals surface area contributed by atoms with E-state index in [0.29, 0.717) is 5.82 Å². The number of aromatic nitrogens is 3. The summed E-state index contributed by atoms with van der Waals surface area (Å²) in [5.41, 5.74) is 13.1. The second-order valence-electron chi connectivity index (χ2n) is 14.4. The number of hydrogen-bond donors (Lipinski definition) is 0. The van der Waals surface area contributed by atoms with Gasteiger partial charge in [-0.2, -0.15) is 0 Å². The molecule has 10 aromatic rings. The number of fused-ring (bicyclic) bond motifs is 7. The van der Waals surface area contributed by atoms with Gasteiger partial charge in [-0.15, -0.1) is 11.3 Å². The summed E-state index contributed by atoms with van der Waals surface area (Å²) in [6.07, 6.45) is 9.03. The number of allylic oxidation sites excluding steroid dienone is 4. The molecule has 0 fully saturated rings. The number of para-hydroxylation sites is 1. The molecule has 7 aromatic carbocycles. The van der Waals surface area contributed by atoms with Gasteiger partial charge in [0.25, 0.3) is 0 Å². The monoisotopic (exact) mass is 733 g/mol. The molecular formula is C52H35N3S. The minimum Gasteiger partial charge on any atom is -0.308 e. The lowest BCUT2D eigenvalue weighted by Crippen LogP contribution is -2.05. The first kappa shape index (κ1) is 32.5. The highest BCUT2D eigenvalue weighted by atomic mass is 32.1. The molecule has 1 aliphatic carbocycles. The van der Waals surface area contributed by atoms with E-state index >= 15 is 0 Å². The van der Waals surface area contributed by atoms with Crippen molar-refractivity contribution in [1.82, 2.24) is 14.5 Å². The molecule has 11 rings (SSSR count). The van der Waals surface area contributed by atoms with Crippen molar-refractivity contribution in [3.8, 4) is 50.7 Å². The molecular weight excluding hydrogens is 699 g/mol. The first-order valence-corrected chi connectivity index (χ1v) is 20.0. The van der Waals surface area contributed by atoms with Gasteiger partial charge in [-0.3, -0.25) is 0 Å². The van der Waals surface area contributed by atoms with Crippen LogP contribution in [0.5, 0.6) is 0 Å². The van der Waals surface area contributed by atoms with Crippen LogP contribution in [0.1, 0.15) is 18.4 Å². The SMILES string of the molecule is C1=CC(c2cc(-c3nc(-c4ccccc4)cc(-c4ccccc4)n3)cc(-c3ccccc3)c2-n2c3ccccc3c3c4c(ccc32)sc2ccccc24)=CCC1. The molecule has 0 radical (unpaired) electrons. The Bertz CT molecular complexity index is 3110. The van der Waals surface area contributed by atoms with Crippen LogP contribution >= 0.6 is 11.3 Å². The largest absolute Gasteiger partial charge is 0.308 e. The van der Waals surface area contributed by atoms with Crippen molar-refractivity contribution in [2.24, 2.45) is 0 Å². The maximum atomic E-state index is 5.32. The Morgan fingerprint density at radius 2 is 1.09 bits per heavy atom. The van der Waals surface area contributed by atoms with Gasteiger partial charge in [0.1, 0.15) is 0 Å². The Balaban J connectivity index is 1.26. The van der Waals surface area contributed by atoms with E-state index in [1.165, 1.54) is 47.6 Å². The molecule has 3 nitrogen and oxygen atoms in total. The van der Waals surface area contributed by atoms with E-state index in [1.54, 1.807) is 0 Å². The smallest absolute Gasteiger partial charge is 0.160 e. The Kier molecular flexibility index (Phi) is 7.82. The van der Waals surface area contributed by atoms with Crippen LogP contribution < -0.4 is 0 Å². The van der Waals surface area contributed by atoms with E-state index in [1.807, 2.05) is 23.5 Å². The lowest BCUT2D eigenvalue weighted by molar-refractivity contribution is 1.04. The molecule has 4 heteroatoms. The van der Waals surface area contributed by atoms with E-state index in [2.05, 4.69) is 181 Å². The van der Waals surface area contributed by atoms with Gasteiger partial charge < -0.3 is 4.57 Å². The van der Waals surface area contributed by atoms with Crippen LogP contribution in [0.2, 0.25) is 0 Å². The van der Waals surface area contributed by atoms with E-state index in [0.717, 1.165) is 63.3 Å².